The van der Waals surface area contributed by atoms with Gasteiger partial charge in [-0.1, -0.05) is 44.2 Å². The molecule has 4 heteroatoms. The summed E-state index contributed by atoms with van der Waals surface area (Å²) in [6.07, 6.45) is 2.40. The Balaban J connectivity index is 1.85. The van der Waals surface area contributed by atoms with E-state index in [2.05, 4.69) is 17.1 Å². The molecule has 1 heterocycles. The summed E-state index contributed by atoms with van der Waals surface area (Å²) >= 11 is 0. The fourth-order valence-corrected chi connectivity index (χ4v) is 3.05. The molecule has 0 saturated carbocycles. The van der Waals surface area contributed by atoms with Gasteiger partial charge < -0.3 is 11.1 Å². The zero-order chi connectivity index (χ0) is 15.2. The lowest BCUT2D eigenvalue weighted by molar-refractivity contribution is -0.125. The summed E-state index contributed by atoms with van der Waals surface area (Å²) in [4.78, 5) is 14.7. The van der Waals surface area contributed by atoms with Gasteiger partial charge in [-0.25, -0.2) is 0 Å². The second kappa shape index (κ2) is 7.57. The first-order valence-corrected chi connectivity index (χ1v) is 7.95. The first kappa shape index (κ1) is 16.0. The quantitative estimate of drug-likeness (QED) is 0.841. The van der Waals surface area contributed by atoms with Crippen LogP contribution >= 0.6 is 0 Å². The third-order valence-electron chi connectivity index (χ3n) is 4.55. The van der Waals surface area contributed by atoms with E-state index in [0.29, 0.717) is 6.04 Å². The second-order valence-corrected chi connectivity index (χ2v) is 5.89. The van der Waals surface area contributed by atoms with Crippen molar-refractivity contribution < 1.29 is 4.79 Å². The van der Waals surface area contributed by atoms with E-state index in [1.807, 2.05) is 37.3 Å². The number of hydrogen-bond acceptors (Lipinski definition) is 3. The second-order valence-electron chi connectivity index (χ2n) is 5.89. The van der Waals surface area contributed by atoms with Gasteiger partial charge in [0, 0.05) is 18.6 Å². The molecule has 0 bridgehead atoms. The Morgan fingerprint density at radius 3 is 2.81 bits per heavy atom. The van der Waals surface area contributed by atoms with Crippen LogP contribution < -0.4 is 11.1 Å². The number of likely N-dealkylation sites (N-methyl/N-ethyl adjacent to an activating group) is 1. The molecule has 116 valence electrons. The van der Waals surface area contributed by atoms with Crippen molar-refractivity contribution in [2.45, 2.75) is 38.8 Å². The third-order valence-corrected chi connectivity index (χ3v) is 4.55. The first-order chi connectivity index (χ1) is 10.1. The van der Waals surface area contributed by atoms with Crippen LogP contribution in [0.3, 0.4) is 0 Å². The maximum Gasteiger partial charge on any atom is 0.224 e. The molecule has 1 saturated heterocycles. The number of likely N-dealkylation sites (tertiary alicyclic amines) is 1. The third kappa shape index (κ3) is 4.05. The molecule has 0 aliphatic carbocycles. The topological polar surface area (TPSA) is 58.4 Å². The summed E-state index contributed by atoms with van der Waals surface area (Å²) in [5.74, 6) is -0.168. The van der Waals surface area contributed by atoms with Gasteiger partial charge in [0.25, 0.3) is 0 Å². The van der Waals surface area contributed by atoms with Crippen molar-refractivity contribution in [2.24, 2.45) is 11.7 Å². The fourth-order valence-electron chi connectivity index (χ4n) is 3.05. The van der Waals surface area contributed by atoms with Gasteiger partial charge in [-0.15, -0.1) is 0 Å². The highest BCUT2D eigenvalue weighted by Crippen LogP contribution is 2.20. The zero-order valence-electron chi connectivity index (χ0n) is 13.1. The molecule has 1 aliphatic rings. The van der Waals surface area contributed by atoms with Crippen LogP contribution in [0.4, 0.5) is 0 Å². The Morgan fingerprint density at radius 2 is 2.14 bits per heavy atom. The van der Waals surface area contributed by atoms with E-state index in [0.717, 1.165) is 25.2 Å². The van der Waals surface area contributed by atoms with Crippen LogP contribution in [0.25, 0.3) is 0 Å². The van der Waals surface area contributed by atoms with E-state index in [1.165, 1.54) is 12.8 Å². The number of carbonyl (C=O) groups is 1. The van der Waals surface area contributed by atoms with Crippen LogP contribution in [0.1, 0.15) is 38.3 Å². The molecular weight excluding hydrogens is 262 g/mol. The molecule has 1 amide bonds. The Morgan fingerprint density at radius 1 is 1.43 bits per heavy atom. The van der Waals surface area contributed by atoms with Crippen molar-refractivity contribution >= 4 is 5.91 Å². The van der Waals surface area contributed by atoms with Gasteiger partial charge in [-0.3, -0.25) is 9.69 Å². The number of nitrogens with two attached hydrogens (primary N) is 1. The number of benzene rings is 1. The molecule has 3 atom stereocenters. The molecule has 1 aromatic rings. The van der Waals surface area contributed by atoms with Crippen LogP contribution in [0.15, 0.2) is 30.3 Å². The average molecular weight is 289 g/mol. The van der Waals surface area contributed by atoms with Gasteiger partial charge in [0.15, 0.2) is 0 Å². The van der Waals surface area contributed by atoms with E-state index in [4.69, 9.17) is 5.73 Å². The molecule has 1 fully saturated rings. The predicted molar refractivity (Wildman–Crippen MR) is 85.8 cm³/mol. The van der Waals surface area contributed by atoms with E-state index >= 15 is 0 Å². The molecule has 0 spiro atoms. The smallest absolute Gasteiger partial charge is 0.224 e. The van der Waals surface area contributed by atoms with Gasteiger partial charge >= 0.3 is 0 Å². The summed E-state index contributed by atoms with van der Waals surface area (Å²) in [6, 6.07) is 10.1. The first-order valence-electron chi connectivity index (χ1n) is 7.95. The maximum absolute atomic E-state index is 12.3. The summed E-state index contributed by atoms with van der Waals surface area (Å²) < 4.78 is 0. The minimum absolute atomic E-state index is 0.0503. The highest BCUT2D eigenvalue weighted by atomic mass is 16.1. The number of amides is 1. The van der Waals surface area contributed by atoms with E-state index < -0.39 is 0 Å². The Hall–Kier alpha value is -1.39. The van der Waals surface area contributed by atoms with Gasteiger partial charge in [-0.2, -0.15) is 0 Å². The van der Waals surface area contributed by atoms with Crippen LogP contribution in [0.2, 0.25) is 0 Å². The molecule has 4 nitrogen and oxygen atoms in total. The summed E-state index contributed by atoms with van der Waals surface area (Å²) in [6.45, 7) is 7.02. The largest absolute Gasteiger partial charge is 0.354 e. The highest BCUT2D eigenvalue weighted by molar-refractivity contribution is 5.79. The molecular formula is C17H27N3O. The maximum atomic E-state index is 12.3. The average Bonchev–Trinajstić information content (AvgIpc) is 2.99. The number of hydrogen-bond donors (Lipinski definition) is 2. The van der Waals surface area contributed by atoms with Crippen molar-refractivity contribution in [2.75, 3.05) is 19.6 Å². The Kier molecular flexibility index (Phi) is 5.76. The lowest BCUT2D eigenvalue weighted by atomic mass is 9.94. The normalized spacial score (nSPS) is 22.0. The van der Waals surface area contributed by atoms with Crippen LogP contribution in [-0.4, -0.2) is 36.5 Å². The van der Waals surface area contributed by atoms with Crippen LogP contribution in [0.5, 0.6) is 0 Å². The minimum Gasteiger partial charge on any atom is -0.354 e. The van der Waals surface area contributed by atoms with Crippen molar-refractivity contribution in [3.05, 3.63) is 35.9 Å². The number of carbonyl (C=O) groups excluding carboxylic acids is 1. The zero-order valence-corrected chi connectivity index (χ0v) is 13.1. The van der Waals surface area contributed by atoms with E-state index in [1.54, 1.807) is 0 Å². The number of rotatable bonds is 6. The monoisotopic (exact) mass is 289 g/mol. The van der Waals surface area contributed by atoms with Crippen LogP contribution in [-0.2, 0) is 4.79 Å². The van der Waals surface area contributed by atoms with Crippen molar-refractivity contribution in [1.82, 2.24) is 10.2 Å². The van der Waals surface area contributed by atoms with Crippen LogP contribution in [0, 0.1) is 5.92 Å². The molecule has 0 radical (unpaired) electrons. The molecule has 0 aromatic heterocycles. The van der Waals surface area contributed by atoms with E-state index in [9.17, 15) is 4.79 Å². The Bertz CT molecular complexity index is 449. The lowest BCUT2D eigenvalue weighted by Gasteiger charge is -2.25. The van der Waals surface area contributed by atoms with Gasteiger partial charge in [-0.05, 0) is 31.5 Å². The van der Waals surface area contributed by atoms with E-state index in [-0.39, 0.29) is 17.9 Å². The van der Waals surface area contributed by atoms with Gasteiger partial charge in [0.05, 0.1) is 5.92 Å². The van der Waals surface area contributed by atoms with Gasteiger partial charge in [0.2, 0.25) is 5.91 Å². The highest BCUT2D eigenvalue weighted by Gasteiger charge is 2.26. The molecule has 2 rings (SSSR count). The van der Waals surface area contributed by atoms with Crippen molar-refractivity contribution in [1.29, 1.82) is 0 Å². The molecule has 1 aliphatic heterocycles. The fraction of sp³-hybridized carbons (Fsp3) is 0.588. The lowest BCUT2D eigenvalue weighted by Crippen LogP contribution is -2.43. The number of nitrogens with one attached hydrogen (secondary N) is 1. The SMILES string of the molecule is CCN1CCCC1CNC(=O)C(C)C(N)c1ccccc1. The number of nitrogens with zero attached hydrogens (tertiary/aromatic N) is 1. The molecule has 1 aromatic carbocycles. The molecule has 3 N–H and O–H groups in total. The summed E-state index contributed by atoms with van der Waals surface area (Å²) in [5.41, 5.74) is 7.22. The van der Waals surface area contributed by atoms with Crippen molar-refractivity contribution in [3.63, 3.8) is 0 Å². The van der Waals surface area contributed by atoms with Gasteiger partial charge in [0.1, 0.15) is 0 Å². The summed E-state index contributed by atoms with van der Waals surface area (Å²) in [5, 5.41) is 3.08. The van der Waals surface area contributed by atoms with Crippen molar-refractivity contribution in [3.8, 4) is 0 Å². The molecule has 21 heavy (non-hydrogen) atoms. The molecule has 3 unspecified atom stereocenters. The standard InChI is InChI=1S/C17H27N3O/c1-3-20-11-7-10-15(20)12-19-17(21)13(2)16(18)14-8-5-4-6-9-14/h4-6,8-9,13,15-16H,3,7,10-12,18H2,1-2H3,(H,19,21). The minimum atomic E-state index is -0.253. The summed E-state index contributed by atoms with van der Waals surface area (Å²) in [7, 11) is 0. The predicted octanol–water partition coefficient (Wildman–Crippen LogP) is 1.92. The Labute approximate surface area is 127 Å².